The largest absolute Gasteiger partial charge is 0.456 e. The lowest BCUT2D eigenvalue weighted by atomic mass is 9.91. The molecule has 0 saturated heterocycles. The fourth-order valence-electron chi connectivity index (χ4n) is 7.19. The molecule has 0 fully saturated rings. The first kappa shape index (κ1) is 40.3. The molecular formula is C45H64Cl2N2O. The van der Waals surface area contributed by atoms with Gasteiger partial charge in [0, 0.05) is 63.0 Å². The molecular weight excluding hydrogens is 655 g/mol. The molecule has 1 N–H and O–H groups in total. The van der Waals surface area contributed by atoms with Crippen LogP contribution in [0.2, 0.25) is 10.0 Å². The van der Waals surface area contributed by atoms with E-state index in [1.165, 1.54) is 128 Å². The summed E-state index contributed by atoms with van der Waals surface area (Å²) in [5.41, 5.74) is 7.13. The van der Waals surface area contributed by atoms with Gasteiger partial charge in [-0.3, -0.25) is 4.99 Å². The molecule has 1 heterocycles. The summed E-state index contributed by atoms with van der Waals surface area (Å²) in [6, 6.07) is 14.5. The van der Waals surface area contributed by atoms with Gasteiger partial charge in [-0.1, -0.05) is 159 Å². The molecule has 0 atom stereocenters. The highest BCUT2D eigenvalue weighted by molar-refractivity contribution is 6.40. The van der Waals surface area contributed by atoms with Crippen LogP contribution >= 0.6 is 23.2 Å². The molecule has 3 nitrogen and oxygen atoms in total. The summed E-state index contributed by atoms with van der Waals surface area (Å²) in [5, 5.41) is 7.01. The number of benzene rings is 3. The SMILES string of the molecule is CCCCCCCCCCCCN=c1cc2oc3cc(NCCCCCCCCCCCC)c(C)cc3c(-c3c(Cl)cccc3Cl)c-2cc1C. The molecule has 1 aliphatic heterocycles. The van der Waals surface area contributed by atoms with Gasteiger partial charge in [0.1, 0.15) is 11.3 Å². The molecule has 0 bridgehead atoms. The molecule has 0 aromatic heterocycles. The zero-order chi connectivity index (χ0) is 35.6. The Bertz CT molecular complexity index is 1600. The van der Waals surface area contributed by atoms with Crippen molar-refractivity contribution in [1.29, 1.82) is 0 Å². The standard InChI is InChI=1S/C45H64Cl2N2O/c1-5-7-9-11-13-15-17-19-21-23-28-48-40-32-42-36(30-34(40)3)44(45-38(46)26-25-27-39(45)47)37-31-35(4)41(33-43(37)50-42)49-29-24-22-20-18-16-14-12-10-8-6-2/h25-27,30-33,48H,5-24,28-29H2,1-4H3. The molecule has 0 unspecified atom stereocenters. The van der Waals surface area contributed by atoms with Crippen molar-refractivity contribution in [3.8, 4) is 22.5 Å². The van der Waals surface area contributed by atoms with Crippen LogP contribution in [0.4, 0.5) is 5.69 Å². The van der Waals surface area contributed by atoms with Gasteiger partial charge in [0.2, 0.25) is 0 Å². The second-order valence-electron chi connectivity index (χ2n) is 14.5. The van der Waals surface area contributed by atoms with E-state index in [0.29, 0.717) is 10.0 Å². The van der Waals surface area contributed by atoms with Crippen LogP contribution in [0.1, 0.15) is 153 Å². The minimum Gasteiger partial charge on any atom is -0.456 e. The normalized spacial score (nSPS) is 12.1. The maximum absolute atomic E-state index is 6.88. The van der Waals surface area contributed by atoms with Crippen molar-refractivity contribution in [2.24, 2.45) is 4.99 Å². The number of nitrogens with one attached hydrogen (secondary N) is 1. The fraction of sp³-hybridized carbons (Fsp3) is 0.578. The van der Waals surface area contributed by atoms with E-state index in [1.54, 1.807) is 0 Å². The molecule has 0 radical (unpaired) electrons. The third-order valence-corrected chi connectivity index (χ3v) is 10.9. The van der Waals surface area contributed by atoms with Gasteiger partial charge in [0.05, 0.1) is 5.36 Å². The van der Waals surface area contributed by atoms with Crippen LogP contribution in [0.25, 0.3) is 33.4 Å². The fourth-order valence-corrected chi connectivity index (χ4v) is 7.78. The maximum atomic E-state index is 6.88. The molecule has 5 heteroatoms. The summed E-state index contributed by atoms with van der Waals surface area (Å²) < 4.78 is 6.71. The number of hydrogen-bond acceptors (Lipinski definition) is 3. The Morgan fingerprint density at radius 1 is 0.600 bits per heavy atom. The summed E-state index contributed by atoms with van der Waals surface area (Å²) in [6.07, 6.45) is 26.6. The Balaban J connectivity index is 1.48. The molecule has 4 rings (SSSR count). The van der Waals surface area contributed by atoms with Crippen LogP contribution in [0, 0.1) is 13.8 Å². The zero-order valence-electron chi connectivity index (χ0n) is 31.7. The number of aryl methyl sites for hydroxylation is 2. The van der Waals surface area contributed by atoms with E-state index < -0.39 is 0 Å². The minimum atomic E-state index is 0.638. The molecule has 2 aromatic carbocycles. The smallest absolute Gasteiger partial charge is 0.137 e. The van der Waals surface area contributed by atoms with Crippen molar-refractivity contribution >= 4 is 39.9 Å². The van der Waals surface area contributed by atoms with Crippen LogP contribution < -0.4 is 10.7 Å². The van der Waals surface area contributed by atoms with Crippen molar-refractivity contribution in [2.75, 3.05) is 18.4 Å². The molecule has 0 saturated carbocycles. The number of rotatable bonds is 24. The molecule has 0 spiro atoms. The van der Waals surface area contributed by atoms with E-state index in [-0.39, 0.29) is 0 Å². The third kappa shape index (κ3) is 12.3. The van der Waals surface area contributed by atoms with Crippen molar-refractivity contribution in [2.45, 2.75) is 156 Å². The third-order valence-electron chi connectivity index (χ3n) is 10.2. The number of unbranched alkanes of at least 4 members (excludes halogenated alkanes) is 18. The lowest BCUT2D eigenvalue weighted by molar-refractivity contribution is 0.557. The first-order valence-corrected chi connectivity index (χ1v) is 20.9. The van der Waals surface area contributed by atoms with Gasteiger partial charge >= 0.3 is 0 Å². The van der Waals surface area contributed by atoms with Crippen molar-refractivity contribution < 1.29 is 4.42 Å². The first-order chi connectivity index (χ1) is 24.4. The molecule has 50 heavy (non-hydrogen) atoms. The lowest BCUT2D eigenvalue weighted by Crippen LogP contribution is -2.10. The molecule has 1 aliphatic carbocycles. The summed E-state index contributed by atoms with van der Waals surface area (Å²) in [6.45, 7) is 10.7. The highest BCUT2D eigenvalue weighted by Crippen LogP contribution is 2.46. The van der Waals surface area contributed by atoms with E-state index in [0.717, 1.165) is 69.5 Å². The predicted molar refractivity (Wildman–Crippen MR) is 220 cm³/mol. The van der Waals surface area contributed by atoms with Crippen LogP contribution in [0.5, 0.6) is 0 Å². The van der Waals surface area contributed by atoms with Gasteiger partial charge in [-0.25, -0.2) is 0 Å². The topological polar surface area (TPSA) is 37.5 Å². The van der Waals surface area contributed by atoms with Gasteiger partial charge in [0.15, 0.2) is 0 Å². The summed E-state index contributed by atoms with van der Waals surface area (Å²) >= 11 is 13.8. The average Bonchev–Trinajstić information content (AvgIpc) is 3.10. The van der Waals surface area contributed by atoms with Gasteiger partial charge in [-0.15, -0.1) is 0 Å². The number of halogens is 2. The molecule has 0 amide bonds. The van der Waals surface area contributed by atoms with E-state index in [9.17, 15) is 0 Å². The first-order valence-electron chi connectivity index (χ1n) is 20.1. The quantitative estimate of drug-likeness (QED) is 0.0578. The highest BCUT2D eigenvalue weighted by Gasteiger charge is 2.22. The van der Waals surface area contributed by atoms with Crippen LogP contribution in [0.15, 0.2) is 51.9 Å². The van der Waals surface area contributed by atoms with Gasteiger partial charge in [-0.2, -0.15) is 0 Å². The maximum Gasteiger partial charge on any atom is 0.137 e. The van der Waals surface area contributed by atoms with Gasteiger partial charge in [0.25, 0.3) is 0 Å². The number of nitrogens with zero attached hydrogens (tertiary/aromatic N) is 1. The highest BCUT2D eigenvalue weighted by atomic mass is 35.5. The molecule has 2 aromatic rings. The van der Waals surface area contributed by atoms with Gasteiger partial charge in [-0.05, 0) is 62.1 Å². The summed E-state index contributed by atoms with van der Waals surface area (Å²) in [7, 11) is 0. The van der Waals surface area contributed by atoms with E-state index in [4.69, 9.17) is 32.6 Å². The van der Waals surface area contributed by atoms with Crippen molar-refractivity contribution in [3.05, 3.63) is 69.0 Å². The average molecular weight is 720 g/mol. The lowest BCUT2D eigenvalue weighted by Gasteiger charge is -2.20. The van der Waals surface area contributed by atoms with E-state index in [1.807, 2.05) is 18.2 Å². The Hall–Kier alpha value is -2.49. The number of anilines is 1. The molecule has 2 aliphatic rings. The Kier molecular flexibility index (Phi) is 18.1. The van der Waals surface area contributed by atoms with Crippen molar-refractivity contribution in [1.82, 2.24) is 0 Å². The molecule has 274 valence electrons. The summed E-state index contributed by atoms with van der Waals surface area (Å²) in [5.74, 6) is 0.806. The van der Waals surface area contributed by atoms with E-state index in [2.05, 4.69) is 57.3 Å². The monoisotopic (exact) mass is 718 g/mol. The Morgan fingerprint density at radius 2 is 1.14 bits per heavy atom. The van der Waals surface area contributed by atoms with Crippen LogP contribution in [-0.4, -0.2) is 13.1 Å². The minimum absolute atomic E-state index is 0.638. The Labute approximate surface area is 314 Å². The van der Waals surface area contributed by atoms with Gasteiger partial charge < -0.3 is 9.73 Å². The summed E-state index contributed by atoms with van der Waals surface area (Å²) in [4.78, 5) is 5.04. The number of fused-ring (bicyclic) bond motifs is 2. The van der Waals surface area contributed by atoms with Crippen molar-refractivity contribution in [3.63, 3.8) is 0 Å². The van der Waals surface area contributed by atoms with E-state index >= 15 is 0 Å². The predicted octanol–water partition coefficient (Wildman–Crippen LogP) is 15.3. The van der Waals surface area contributed by atoms with Crippen LogP contribution in [0.3, 0.4) is 0 Å². The zero-order valence-corrected chi connectivity index (χ0v) is 33.2. The number of hydrogen-bond donors (Lipinski definition) is 1. The second-order valence-corrected chi connectivity index (χ2v) is 15.4. The second kappa shape index (κ2) is 22.4. The van der Waals surface area contributed by atoms with Crippen LogP contribution in [-0.2, 0) is 0 Å². The Morgan fingerprint density at radius 3 is 1.72 bits per heavy atom.